The van der Waals surface area contributed by atoms with E-state index in [1.807, 2.05) is 40.8 Å². The Bertz CT molecular complexity index is 555. The van der Waals surface area contributed by atoms with Crippen LogP contribution >= 0.6 is 23.2 Å². The molecule has 0 amide bonds. The Morgan fingerprint density at radius 1 is 1.18 bits per heavy atom. The topological polar surface area (TPSA) is 43.4 Å². The van der Waals surface area contributed by atoms with Gasteiger partial charge >= 0.3 is 7.12 Å². The number of rotatable bonds is 4. The molecule has 0 aromatic carbocycles. The van der Waals surface area contributed by atoms with Gasteiger partial charge in [-0.2, -0.15) is 0 Å². The van der Waals surface area contributed by atoms with E-state index >= 15 is 0 Å². The molecule has 0 bridgehead atoms. The molecule has 0 atom stereocenters. The Balaban J connectivity index is 2.38. The van der Waals surface area contributed by atoms with E-state index in [2.05, 4.69) is 10.3 Å². The van der Waals surface area contributed by atoms with E-state index < -0.39 is 18.3 Å². The second-order valence-electron chi connectivity index (χ2n) is 6.35. The van der Waals surface area contributed by atoms with Crippen LogP contribution in [-0.2, 0) is 9.31 Å². The van der Waals surface area contributed by atoms with E-state index in [9.17, 15) is 0 Å². The van der Waals surface area contributed by atoms with Crippen molar-refractivity contribution in [3.05, 3.63) is 33.5 Å². The minimum atomic E-state index is -0.447. The average Bonchev–Trinajstić information content (AvgIpc) is 2.61. The highest BCUT2D eigenvalue weighted by atomic mass is 35.5. The number of likely N-dealkylation sites (N-methyl/N-ethyl adjacent to an activating group) is 1. The van der Waals surface area contributed by atoms with Gasteiger partial charge < -0.3 is 14.6 Å². The summed E-state index contributed by atoms with van der Waals surface area (Å²) in [7, 11) is 1.42. The van der Waals surface area contributed by atoms with Crippen LogP contribution in [0.2, 0.25) is 10.0 Å². The molecule has 0 saturated carbocycles. The Morgan fingerprint density at radius 2 is 1.68 bits per heavy atom. The first-order chi connectivity index (χ1) is 10.2. The van der Waals surface area contributed by atoms with Crippen LogP contribution in [-0.4, -0.2) is 36.9 Å². The Morgan fingerprint density at radius 3 is 2.14 bits per heavy atom. The summed E-state index contributed by atoms with van der Waals surface area (Å²) < 4.78 is 12.2. The summed E-state index contributed by atoms with van der Waals surface area (Å²) in [6.45, 7) is 8.70. The average molecular weight is 343 g/mol. The highest BCUT2D eigenvalue weighted by Crippen LogP contribution is 2.39. The second kappa shape index (κ2) is 6.50. The number of nitrogens with zero attached hydrogens (tertiary/aromatic N) is 1. The van der Waals surface area contributed by atoms with Crippen LogP contribution in [0.15, 0.2) is 17.9 Å². The maximum atomic E-state index is 6.20. The summed E-state index contributed by atoms with van der Waals surface area (Å²) in [5, 5.41) is 4.12. The molecule has 2 heterocycles. The van der Waals surface area contributed by atoms with Crippen LogP contribution in [0.3, 0.4) is 0 Å². The van der Waals surface area contributed by atoms with Crippen molar-refractivity contribution in [2.45, 2.75) is 38.9 Å². The maximum Gasteiger partial charge on any atom is 0.491 e. The van der Waals surface area contributed by atoms with Crippen molar-refractivity contribution in [2.75, 3.05) is 13.6 Å². The van der Waals surface area contributed by atoms with Gasteiger partial charge in [0, 0.05) is 24.5 Å². The van der Waals surface area contributed by atoms with Gasteiger partial charge in [-0.15, -0.1) is 0 Å². The van der Waals surface area contributed by atoms with Gasteiger partial charge in [0.05, 0.1) is 21.2 Å². The van der Waals surface area contributed by atoms with Gasteiger partial charge in [-0.3, -0.25) is 4.98 Å². The third-order valence-corrected chi connectivity index (χ3v) is 4.76. The van der Waals surface area contributed by atoms with E-state index in [1.165, 1.54) is 0 Å². The predicted octanol–water partition coefficient (Wildman–Crippen LogP) is 3.62. The van der Waals surface area contributed by atoms with Gasteiger partial charge in [-0.05, 0) is 40.2 Å². The lowest BCUT2D eigenvalue weighted by Gasteiger charge is -2.32. The Hall–Kier alpha value is -0.585. The summed E-state index contributed by atoms with van der Waals surface area (Å²) in [6, 6.07) is 0. The molecule has 1 aromatic rings. The molecule has 1 aliphatic rings. The van der Waals surface area contributed by atoms with Gasteiger partial charge in [0.1, 0.15) is 0 Å². The zero-order valence-corrected chi connectivity index (χ0v) is 15.0. The summed E-state index contributed by atoms with van der Waals surface area (Å²) in [5.41, 5.74) is 0.863. The fraction of sp³-hybridized carbons (Fsp3) is 0.533. The van der Waals surface area contributed by atoms with Gasteiger partial charge in [0.15, 0.2) is 0 Å². The normalized spacial score (nSPS) is 20.5. The minimum absolute atomic E-state index is 0.393. The molecular formula is C15H21BCl2N2O2. The standard InChI is InChI=1S/C15H21BCl2N2O2/c1-14(2)15(3,4)22-16(21-14)10(7-19-5)6-11-12(17)8-20-9-13(11)18/h6,8-9,19H,7H2,1-5H3. The van der Waals surface area contributed by atoms with Gasteiger partial charge in [0.25, 0.3) is 0 Å². The van der Waals surface area contributed by atoms with E-state index in [4.69, 9.17) is 32.5 Å². The fourth-order valence-corrected chi connectivity index (χ4v) is 2.62. The van der Waals surface area contributed by atoms with Crippen molar-refractivity contribution < 1.29 is 9.31 Å². The molecule has 1 aliphatic heterocycles. The Labute approximate surface area is 142 Å². The van der Waals surface area contributed by atoms with E-state index in [1.54, 1.807) is 12.4 Å². The van der Waals surface area contributed by atoms with Gasteiger partial charge in [-0.25, -0.2) is 0 Å². The van der Waals surface area contributed by atoms with Crippen molar-refractivity contribution in [1.82, 2.24) is 10.3 Å². The molecule has 22 heavy (non-hydrogen) atoms. The minimum Gasteiger partial charge on any atom is -0.400 e. The summed E-state index contributed by atoms with van der Waals surface area (Å²) in [4.78, 5) is 3.97. The molecule has 1 aromatic heterocycles. The number of hydrogen-bond donors (Lipinski definition) is 1. The van der Waals surface area contributed by atoms with Crippen molar-refractivity contribution in [2.24, 2.45) is 0 Å². The molecule has 1 fully saturated rings. The van der Waals surface area contributed by atoms with E-state index in [-0.39, 0.29) is 0 Å². The lowest BCUT2D eigenvalue weighted by Crippen LogP contribution is -2.41. The van der Waals surface area contributed by atoms with Crippen LogP contribution in [0.4, 0.5) is 0 Å². The molecule has 1 N–H and O–H groups in total. The maximum absolute atomic E-state index is 6.20. The van der Waals surface area contributed by atoms with Crippen LogP contribution < -0.4 is 5.32 Å². The zero-order chi connectivity index (χ0) is 16.5. The molecule has 7 heteroatoms. The first-order valence-electron chi connectivity index (χ1n) is 7.17. The van der Waals surface area contributed by atoms with Crippen LogP contribution in [0.5, 0.6) is 0 Å². The van der Waals surface area contributed by atoms with Gasteiger partial charge in [0.2, 0.25) is 0 Å². The number of pyridine rings is 1. The van der Waals surface area contributed by atoms with Crippen LogP contribution in [0.25, 0.3) is 6.08 Å². The molecular weight excluding hydrogens is 322 g/mol. The van der Waals surface area contributed by atoms with Crippen molar-refractivity contribution in [3.63, 3.8) is 0 Å². The van der Waals surface area contributed by atoms with Crippen LogP contribution in [0.1, 0.15) is 33.3 Å². The third-order valence-electron chi connectivity index (χ3n) is 4.16. The predicted molar refractivity (Wildman–Crippen MR) is 92.2 cm³/mol. The monoisotopic (exact) mass is 342 g/mol. The lowest BCUT2D eigenvalue weighted by molar-refractivity contribution is 0.00578. The van der Waals surface area contributed by atoms with Crippen molar-refractivity contribution in [1.29, 1.82) is 0 Å². The quantitative estimate of drug-likeness (QED) is 0.848. The molecule has 2 rings (SSSR count). The van der Waals surface area contributed by atoms with E-state index in [0.29, 0.717) is 16.6 Å². The lowest BCUT2D eigenvalue weighted by atomic mass is 9.77. The highest BCUT2D eigenvalue weighted by molar-refractivity contribution is 6.56. The van der Waals surface area contributed by atoms with E-state index in [0.717, 1.165) is 11.0 Å². The van der Waals surface area contributed by atoms with Crippen LogP contribution in [0, 0.1) is 0 Å². The molecule has 0 radical (unpaired) electrons. The summed E-state index contributed by atoms with van der Waals surface area (Å²) in [5.74, 6) is 0. The molecule has 120 valence electrons. The molecule has 4 nitrogen and oxygen atoms in total. The largest absolute Gasteiger partial charge is 0.491 e. The SMILES string of the molecule is CNCC(=Cc1c(Cl)cncc1Cl)B1OC(C)(C)C(C)(C)O1. The molecule has 1 saturated heterocycles. The smallest absolute Gasteiger partial charge is 0.400 e. The summed E-state index contributed by atoms with van der Waals surface area (Å²) >= 11 is 12.4. The number of halogens is 2. The number of aromatic nitrogens is 1. The molecule has 0 aliphatic carbocycles. The van der Waals surface area contributed by atoms with Crippen molar-refractivity contribution >= 4 is 36.4 Å². The Kier molecular flexibility index (Phi) is 5.25. The molecule has 0 spiro atoms. The zero-order valence-electron chi connectivity index (χ0n) is 13.5. The molecule has 0 unspecified atom stereocenters. The third kappa shape index (κ3) is 3.49. The fourth-order valence-electron chi connectivity index (χ4n) is 2.15. The summed E-state index contributed by atoms with van der Waals surface area (Å²) in [6.07, 6.45) is 5.05. The number of hydrogen-bond acceptors (Lipinski definition) is 4. The first-order valence-corrected chi connectivity index (χ1v) is 7.93. The van der Waals surface area contributed by atoms with Gasteiger partial charge in [-0.1, -0.05) is 29.3 Å². The highest BCUT2D eigenvalue weighted by Gasteiger charge is 2.52. The second-order valence-corrected chi connectivity index (χ2v) is 7.17. The van der Waals surface area contributed by atoms with Crippen molar-refractivity contribution in [3.8, 4) is 0 Å². The number of nitrogens with one attached hydrogen (secondary N) is 1. The first kappa shape index (κ1) is 17.8.